The number of nitrogens with zero attached hydrogens (tertiary/aromatic N) is 1. The van der Waals surface area contributed by atoms with Crippen LogP contribution in [0, 0.1) is 29.8 Å². The van der Waals surface area contributed by atoms with Gasteiger partial charge in [0, 0.05) is 18.7 Å². The molecule has 18 heavy (non-hydrogen) atoms. The number of hydrogen-bond donors (Lipinski definition) is 0. The first kappa shape index (κ1) is 14.5. The average molecular weight is 277 g/mol. The first-order valence-electron chi connectivity index (χ1n) is 4.92. The molecule has 0 aliphatic heterocycles. The van der Waals surface area contributed by atoms with Crippen molar-refractivity contribution in [3.8, 4) is 12.3 Å². The summed E-state index contributed by atoms with van der Waals surface area (Å²) in [5.74, 6) is -2.08. The Labute approximate surface area is 103 Å². The third-order valence-corrected chi connectivity index (χ3v) is 4.15. The summed E-state index contributed by atoms with van der Waals surface area (Å²) in [6.07, 6.45) is 4.98. The number of sulfonamides is 1. The Hall–Kier alpha value is -1.52. The molecular weight excluding hydrogens is 267 g/mol. The molecule has 0 aliphatic carbocycles. The van der Waals surface area contributed by atoms with E-state index in [0.29, 0.717) is 16.4 Å². The van der Waals surface area contributed by atoms with Crippen LogP contribution in [0.2, 0.25) is 0 Å². The van der Waals surface area contributed by atoms with E-state index < -0.39 is 32.4 Å². The zero-order chi connectivity index (χ0) is 13.9. The molecule has 1 aromatic carbocycles. The number of terminal acetylenes is 1. The van der Waals surface area contributed by atoms with Crippen molar-refractivity contribution in [1.29, 1.82) is 0 Å². The van der Waals surface area contributed by atoms with Gasteiger partial charge in [0.2, 0.25) is 10.0 Å². The molecule has 3 nitrogen and oxygen atoms in total. The lowest BCUT2D eigenvalue weighted by atomic mass is 10.3. The maximum atomic E-state index is 13.4. The summed E-state index contributed by atoms with van der Waals surface area (Å²) in [6.45, 7) is 1.09. The lowest BCUT2D eigenvalue weighted by Crippen LogP contribution is -2.32. The Morgan fingerprint density at radius 2 is 1.78 bits per heavy atom. The summed E-state index contributed by atoms with van der Waals surface area (Å²) < 4.78 is 64.1. The van der Waals surface area contributed by atoms with E-state index in [1.807, 2.05) is 0 Å². The first-order valence-corrected chi connectivity index (χ1v) is 6.36. The van der Waals surface area contributed by atoms with E-state index in [9.17, 15) is 21.6 Å². The van der Waals surface area contributed by atoms with Crippen LogP contribution in [-0.2, 0) is 10.0 Å². The lowest BCUT2D eigenvalue weighted by molar-refractivity contribution is 0.442. The minimum atomic E-state index is -4.42. The third-order valence-electron chi connectivity index (χ3n) is 2.18. The van der Waals surface area contributed by atoms with Gasteiger partial charge in [0.05, 0.1) is 6.54 Å². The van der Waals surface area contributed by atoms with Crippen molar-refractivity contribution < 1.29 is 21.6 Å². The van der Waals surface area contributed by atoms with Crippen molar-refractivity contribution in [3.05, 3.63) is 29.6 Å². The van der Waals surface area contributed by atoms with Gasteiger partial charge in [0.25, 0.3) is 0 Å². The highest BCUT2D eigenvalue weighted by molar-refractivity contribution is 7.89. The largest absolute Gasteiger partial charge is 0.249 e. The Bertz CT molecular complexity index is 570. The zero-order valence-electron chi connectivity index (χ0n) is 9.45. The van der Waals surface area contributed by atoms with E-state index in [2.05, 4.69) is 5.92 Å². The maximum absolute atomic E-state index is 13.4. The summed E-state index contributed by atoms with van der Waals surface area (Å²) in [6, 6.07) is 0.610. The summed E-state index contributed by atoms with van der Waals surface area (Å²) >= 11 is 0. The van der Waals surface area contributed by atoms with Gasteiger partial charge < -0.3 is 0 Å². The van der Waals surface area contributed by atoms with Gasteiger partial charge in [-0.25, -0.2) is 21.6 Å². The van der Waals surface area contributed by atoms with Crippen LogP contribution in [0.15, 0.2) is 17.0 Å². The summed E-state index contributed by atoms with van der Waals surface area (Å²) in [4.78, 5) is -1.19. The number of rotatable bonds is 4. The first-order chi connectivity index (χ1) is 8.34. The second-order valence-corrected chi connectivity index (χ2v) is 5.21. The predicted molar refractivity (Wildman–Crippen MR) is 59.6 cm³/mol. The maximum Gasteiger partial charge on any atom is 0.249 e. The van der Waals surface area contributed by atoms with Gasteiger partial charge in [-0.3, -0.25) is 0 Å². The molecule has 0 unspecified atom stereocenters. The minimum absolute atomic E-state index is 0.0528. The molecule has 0 saturated carbocycles. The van der Waals surface area contributed by atoms with E-state index in [-0.39, 0.29) is 13.1 Å². The molecule has 0 radical (unpaired) electrons. The fraction of sp³-hybridized carbons (Fsp3) is 0.273. The van der Waals surface area contributed by atoms with Crippen molar-refractivity contribution in [2.75, 3.05) is 13.1 Å². The standard InChI is InChI=1S/C11H10F3NO2S/c1-3-5-15(4-2)18(16,17)11-9(13)6-8(12)7-10(11)14/h1,6-7H,4-5H2,2H3. The molecular formula is C11H10F3NO2S. The smallest absolute Gasteiger partial charge is 0.207 e. The predicted octanol–water partition coefficient (Wildman–Crippen LogP) is 1.75. The Kier molecular flexibility index (Phi) is 4.38. The molecule has 0 aliphatic rings. The van der Waals surface area contributed by atoms with Gasteiger partial charge >= 0.3 is 0 Å². The Balaban J connectivity index is 3.42. The summed E-state index contributed by atoms with van der Waals surface area (Å²) in [5.41, 5.74) is 0. The lowest BCUT2D eigenvalue weighted by Gasteiger charge is -2.18. The van der Waals surface area contributed by atoms with Crippen LogP contribution < -0.4 is 0 Å². The number of benzene rings is 1. The average Bonchev–Trinajstić information content (AvgIpc) is 2.23. The van der Waals surface area contributed by atoms with Crippen LogP contribution in [0.3, 0.4) is 0 Å². The molecule has 98 valence electrons. The Morgan fingerprint density at radius 3 is 2.17 bits per heavy atom. The van der Waals surface area contributed by atoms with Crippen LogP contribution in [0.25, 0.3) is 0 Å². The van der Waals surface area contributed by atoms with Crippen LogP contribution >= 0.6 is 0 Å². The Morgan fingerprint density at radius 1 is 1.28 bits per heavy atom. The van der Waals surface area contributed by atoms with Gasteiger partial charge in [-0.15, -0.1) is 6.42 Å². The fourth-order valence-corrected chi connectivity index (χ4v) is 2.83. The molecule has 1 aromatic rings. The number of halogens is 3. The topological polar surface area (TPSA) is 37.4 Å². The van der Waals surface area contributed by atoms with Crippen LogP contribution in [0.1, 0.15) is 6.92 Å². The van der Waals surface area contributed by atoms with Crippen LogP contribution in [0.4, 0.5) is 13.2 Å². The highest BCUT2D eigenvalue weighted by atomic mass is 32.2. The molecule has 0 amide bonds. The molecule has 0 N–H and O–H groups in total. The molecule has 0 spiro atoms. The second-order valence-electron chi connectivity index (χ2n) is 3.33. The molecule has 0 heterocycles. The summed E-state index contributed by atoms with van der Waals surface area (Å²) in [7, 11) is -4.42. The van der Waals surface area contributed by atoms with E-state index in [4.69, 9.17) is 6.42 Å². The minimum Gasteiger partial charge on any atom is -0.207 e. The van der Waals surface area contributed by atoms with Crippen LogP contribution in [-0.4, -0.2) is 25.8 Å². The van der Waals surface area contributed by atoms with Gasteiger partial charge in [0.1, 0.15) is 17.5 Å². The molecule has 0 atom stereocenters. The van der Waals surface area contributed by atoms with Gasteiger partial charge in [-0.1, -0.05) is 12.8 Å². The van der Waals surface area contributed by atoms with Crippen molar-refractivity contribution in [2.24, 2.45) is 0 Å². The number of hydrogen-bond acceptors (Lipinski definition) is 2. The normalized spacial score (nSPS) is 11.6. The SMILES string of the molecule is C#CCN(CC)S(=O)(=O)c1c(F)cc(F)cc1F. The third kappa shape index (κ3) is 2.66. The molecule has 0 aromatic heterocycles. The molecule has 0 bridgehead atoms. The quantitative estimate of drug-likeness (QED) is 0.786. The molecule has 0 fully saturated rings. The van der Waals surface area contributed by atoms with Gasteiger partial charge in [0.15, 0.2) is 4.90 Å². The second kappa shape index (κ2) is 5.42. The van der Waals surface area contributed by atoms with E-state index in [1.165, 1.54) is 6.92 Å². The monoisotopic (exact) mass is 277 g/mol. The molecule has 1 rings (SSSR count). The van der Waals surface area contributed by atoms with E-state index in [1.54, 1.807) is 0 Å². The van der Waals surface area contributed by atoms with Crippen LogP contribution in [0.5, 0.6) is 0 Å². The van der Waals surface area contributed by atoms with Gasteiger partial charge in [-0.05, 0) is 0 Å². The van der Waals surface area contributed by atoms with Crippen molar-refractivity contribution in [1.82, 2.24) is 4.31 Å². The highest BCUT2D eigenvalue weighted by Crippen LogP contribution is 2.23. The van der Waals surface area contributed by atoms with Gasteiger partial charge in [-0.2, -0.15) is 4.31 Å². The molecule has 7 heteroatoms. The van der Waals surface area contributed by atoms with Crippen molar-refractivity contribution in [3.63, 3.8) is 0 Å². The van der Waals surface area contributed by atoms with E-state index >= 15 is 0 Å². The molecule has 0 saturated heterocycles. The van der Waals surface area contributed by atoms with E-state index in [0.717, 1.165) is 0 Å². The zero-order valence-corrected chi connectivity index (χ0v) is 10.3. The fourth-order valence-electron chi connectivity index (χ4n) is 1.37. The van der Waals surface area contributed by atoms with Crippen molar-refractivity contribution >= 4 is 10.0 Å². The van der Waals surface area contributed by atoms with Crippen molar-refractivity contribution in [2.45, 2.75) is 11.8 Å². The summed E-state index contributed by atoms with van der Waals surface area (Å²) in [5, 5.41) is 0. The highest BCUT2D eigenvalue weighted by Gasteiger charge is 2.30.